The molecule has 0 heterocycles. The van der Waals surface area contributed by atoms with E-state index in [0.717, 1.165) is 18.4 Å². The number of benzene rings is 1. The van der Waals surface area contributed by atoms with Gasteiger partial charge in [-0.1, -0.05) is 12.1 Å². The zero-order valence-electron chi connectivity index (χ0n) is 11.6. The Kier molecular flexibility index (Phi) is 3.74. The zero-order valence-corrected chi connectivity index (χ0v) is 11.6. The number of halogens is 1. The van der Waals surface area contributed by atoms with E-state index in [1.54, 1.807) is 12.1 Å². The molecule has 1 aromatic rings. The standard InChI is InChI=1S/C16H20FNO2/c1-20-16(19)14-11-4-5-12(8-11)15(14)18-9-10-2-6-13(17)7-3-10/h2-3,6-7,11-12,14-15,18H,4-5,8-9H2,1H3/t11-,12-,14+,15-/m0/s1. The van der Waals surface area contributed by atoms with Gasteiger partial charge in [0, 0.05) is 12.6 Å². The van der Waals surface area contributed by atoms with Gasteiger partial charge in [0.15, 0.2) is 0 Å². The molecule has 0 aromatic heterocycles. The van der Waals surface area contributed by atoms with Crippen molar-refractivity contribution in [2.24, 2.45) is 17.8 Å². The second kappa shape index (κ2) is 5.52. The molecule has 2 aliphatic rings. The van der Waals surface area contributed by atoms with E-state index >= 15 is 0 Å². The summed E-state index contributed by atoms with van der Waals surface area (Å²) in [7, 11) is 1.46. The van der Waals surface area contributed by atoms with Crippen LogP contribution in [-0.2, 0) is 16.1 Å². The summed E-state index contributed by atoms with van der Waals surface area (Å²) in [6.07, 6.45) is 3.46. The average molecular weight is 277 g/mol. The smallest absolute Gasteiger partial charge is 0.310 e. The van der Waals surface area contributed by atoms with Crippen molar-refractivity contribution in [1.82, 2.24) is 5.32 Å². The number of nitrogens with one attached hydrogen (secondary N) is 1. The summed E-state index contributed by atoms with van der Waals surface area (Å²) in [6, 6.07) is 6.70. The third-order valence-electron chi connectivity index (χ3n) is 4.84. The fourth-order valence-corrected chi connectivity index (χ4v) is 3.90. The Balaban J connectivity index is 1.66. The number of methoxy groups -OCH3 is 1. The summed E-state index contributed by atoms with van der Waals surface area (Å²) >= 11 is 0. The molecule has 20 heavy (non-hydrogen) atoms. The van der Waals surface area contributed by atoms with Crippen LogP contribution in [0.2, 0.25) is 0 Å². The summed E-state index contributed by atoms with van der Waals surface area (Å²) in [5.41, 5.74) is 1.04. The van der Waals surface area contributed by atoms with Crippen molar-refractivity contribution in [3.8, 4) is 0 Å². The summed E-state index contributed by atoms with van der Waals surface area (Å²) in [5, 5.41) is 3.49. The number of hydrogen-bond acceptors (Lipinski definition) is 3. The molecule has 0 aliphatic heterocycles. The molecule has 3 nitrogen and oxygen atoms in total. The predicted octanol–water partition coefficient (Wildman–Crippen LogP) is 2.50. The van der Waals surface area contributed by atoms with Gasteiger partial charge in [-0.15, -0.1) is 0 Å². The molecular weight excluding hydrogens is 257 g/mol. The van der Waals surface area contributed by atoms with Crippen molar-refractivity contribution >= 4 is 5.97 Å². The first kappa shape index (κ1) is 13.6. The summed E-state index contributed by atoms with van der Waals surface area (Å²) < 4.78 is 17.8. The van der Waals surface area contributed by atoms with E-state index in [4.69, 9.17) is 4.74 Å². The van der Waals surface area contributed by atoms with E-state index < -0.39 is 0 Å². The summed E-state index contributed by atoms with van der Waals surface area (Å²) in [4.78, 5) is 12.0. The largest absolute Gasteiger partial charge is 0.469 e. The first-order chi connectivity index (χ1) is 9.69. The highest BCUT2D eigenvalue weighted by atomic mass is 19.1. The number of fused-ring (bicyclic) bond motifs is 2. The van der Waals surface area contributed by atoms with Crippen LogP contribution in [0.4, 0.5) is 4.39 Å². The van der Waals surface area contributed by atoms with E-state index in [2.05, 4.69) is 5.32 Å². The Morgan fingerprint density at radius 1 is 1.30 bits per heavy atom. The minimum absolute atomic E-state index is 0.0146. The Morgan fingerprint density at radius 3 is 2.70 bits per heavy atom. The molecule has 108 valence electrons. The van der Waals surface area contributed by atoms with Gasteiger partial charge in [0.05, 0.1) is 13.0 Å². The molecule has 1 aromatic carbocycles. The van der Waals surface area contributed by atoms with Gasteiger partial charge in [0.1, 0.15) is 5.82 Å². The molecule has 1 N–H and O–H groups in total. The minimum atomic E-state index is -0.221. The molecule has 0 radical (unpaired) electrons. The van der Waals surface area contributed by atoms with Crippen LogP contribution in [-0.4, -0.2) is 19.1 Å². The maximum absolute atomic E-state index is 12.9. The van der Waals surface area contributed by atoms with Crippen molar-refractivity contribution in [2.45, 2.75) is 31.8 Å². The van der Waals surface area contributed by atoms with Crippen LogP contribution < -0.4 is 5.32 Å². The van der Waals surface area contributed by atoms with E-state index in [-0.39, 0.29) is 23.7 Å². The van der Waals surface area contributed by atoms with Gasteiger partial charge in [-0.3, -0.25) is 4.79 Å². The van der Waals surface area contributed by atoms with Crippen molar-refractivity contribution in [1.29, 1.82) is 0 Å². The average Bonchev–Trinajstić information content (AvgIpc) is 3.06. The fraction of sp³-hybridized carbons (Fsp3) is 0.562. The van der Waals surface area contributed by atoms with E-state index in [0.29, 0.717) is 18.4 Å². The third-order valence-corrected chi connectivity index (χ3v) is 4.84. The molecule has 0 unspecified atom stereocenters. The van der Waals surface area contributed by atoms with Gasteiger partial charge in [-0.25, -0.2) is 4.39 Å². The molecular formula is C16H20FNO2. The van der Waals surface area contributed by atoms with Gasteiger partial charge in [-0.2, -0.15) is 0 Å². The molecule has 0 spiro atoms. The van der Waals surface area contributed by atoms with Crippen LogP contribution in [0.5, 0.6) is 0 Å². The van der Waals surface area contributed by atoms with Gasteiger partial charge >= 0.3 is 5.97 Å². The highest BCUT2D eigenvalue weighted by Gasteiger charge is 2.51. The lowest BCUT2D eigenvalue weighted by atomic mass is 9.84. The number of carbonyl (C=O) groups excluding carboxylic acids is 1. The lowest BCUT2D eigenvalue weighted by molar-refractivity contribution is -0.148. The van der Waals surface area contributed by atoms with Crippen LogP contribution in [0.25, 0.3) is 0 Å². The molecule has 0 saturated heterocycles. The van der Waals surface area contributed by atoms with Crippen LogP contribution in [0.15, 0.2) is 24.3 Å². The molecule has 3 rings (SSSR count). The van der Waals surface area contributed by atoms with Crippen LogP contribution >= 0.6 is 0 Å². The fourth-order valence-electron chi connectivity index (χ4n) is 3.90. The summed E-state index contributed by atoms with van der Waals surface area (Å²) in [6.45, 7) is 0.668. The van der Waals surface area contributed by atoms with Crippen LogP contribution in [0.3, 0.4) is 0 Å². The number of hydrogen-bond donors (Lipinski definition) is 1. The van der Waals surface area contributed by atoms with Crippen molar-refractivity contribution in [3.63, 3.8) is 0 Å². The lowest BCUT2D eigenvalue weighted by Crippen LogP contribution is -2.44. The number of rotatable bonds is 4. The Morgan fingerprint density at radius 2 is 2.00 bits per heavy atom. The Hall–Kier alpha value is -1.42. The normalized spacial score (nSPS) is 31.5. The molecule has 2 bridgehead atoms. The van der Waals surface area contributed by atoms with Crippen LogP contribution in [0, 0.1) is 23.6 Å². The van der Waals surface area contributed by atoms with Gasteiger partial charge in [0.25, 0.3) is 0 Å². The minimum Gasteiger partial charge on any atom is -0.469 e. The van der Waals surface area contributed by atoms with E-state index in [9.17, 15) is 9.18 Å². The van der Waals surface area contributed by atoms with Crippen molar-refractivity contribution < 1.29 is 13.9 Å². The number of carbonyl (C=O) groups is 1. The zero-order chi connectivity index (χ0) is 14.1. The molecule has 4 atom stereocenters. The number of ether oxygens (including phenoxy) is 1. The monoisotopic (exact) mass is 277 g/mol. The molecule has 0 amide bonds. The Labute approximate surface area is 118 Å². The highest BCUT2D eigenvalue weighted by molar-refractivity contribution is 5.74. The second-order valence-electron chi connectivity index (χ2n) is 5.92. The van der Waals surface area contributed by atoms with Gasteiger partial charge in [-0.05, 0) is 48.8 Å². The predicted molar refractivity (Wildman–Crippen MR) is 73.4 cm³/mol. The molecule has 4 heteroatoms. The first-order valence-corrected chi connectivity index (χ1v) is 7.24. The van der Waals surface area contributed by atoms with Crippen molar-refractivity contribution in [2.75, 3.05) is 7.11 Å². The molecule has 2 fully saturated rings. The maximum Gasteiger partial charge on any atom is 0.310 e. The molecule has 2 saturated carbocycles. The highest BCUT2D eigenvalue weighted by Crippen LogP contribution is 2.48. The maximum atomic E-state index is 12.9. The van der Waals surface area contributed by atoms with E-state index in [1.807, 2.05) is 0 Å². The molecule has 2 aliphatic carbocycles. The van der Waals surface area contributed by atoms with Crippen LogP contribution in [0.1, 0.15) is 24.8 Å². The van der Waals surface area contributed by atoms with Gasteiger partial charge in [0.2, 0.25) is 0 Å². The van der Waals surface area contributed by atoms with Gasteiger partial charge < -0.3 is 10.1 Å². The quantitative estimate of drug-likeness (QED) is 0.859. The number of esters is 1. The van der Waals surface area contributed by atoms with Crippen molar-refractivity contribution in [3.05, 3.63) is 35.6 Å². The lowest BCUT2D eigenvalue weighted by Gasteiger charge is -2.30. The summed E-state index contributed by atoms with van der Waals surface area (Å²) in [5.74, 6) is 0.719. The SMILES string of the molecule is COC(=O)[C@@H]1[C@H]2CC[C@@H](C2)[C@@H]1NCc1ccc(F)cc1. The second-order valence-corrected chi connectivity index (χ2v) is 5.92. The Bertz CT molecular complexity index is 488. The first-order valence-electron chi connectivity index (χ1n) is 7.24. The third kappa shape index (κ3) is 2.44. The topological polar surface area (TPSA) is 38.3 Å². The van der Waals surface area contributed by atoms with E-state index in [1.165, 1.54) is 25.7 Å².